The second-order valence-corrected chi connectivity index (χ2v) is 8.88. The summed E-state index contributed by atoms with van der Waals surface area (Å²) in [7, 11) is 3.77. The van der Waals surface area contributed by atoms with Crippen LogP contribution in [0.1, 0.15) is 16.8 Å². The Balaban J connectivity index is 1.46. The summed E-state index contributed by atoms with van der Waals surface area (Å²) in [5.41, 5.74) is 3.10. The van der Waals surface area contributed by atoms with Crippen molar-refractivity contribution in [2.75, 3.05) is 51.8 Å². The van der Waals surface area contributed by atoms with E-state index in [1.54, 1.807) is 7.11 Å². The van der Waals surface area contributed by atoms with Crippen molar-refractivity contribution in [3.8, 4) is 17.4 Å². The summed E-state index contributed by atoms with van der Waals surface area (Å²) in [6.07, 6.45) is 0.808. The van der Waals surface area contributed by atoms with Crippen LogP contribution in [-0.4, -0.2) is 66.6 Å². The van der Waals surface area contributed by atoms with Gasteiger partial charge in [0.2, 0.25) is 11.8 Å². The van der Waals surface area contributed by atoms with E-state index in [9.17, 15) is 4.39 Å². The highest BCUT2D eigenvalue weighted by Crippen LogP contribution is 2.35. The molecule has 3 aromatic rings. The van der Waals surface area contributed by atoms with E-state index in [4.69, 9.17) is 19.4 Å². The standard InChI is InChI=1S/C26H30FN5O2/c1-30-13-15-32(16-14-30)26-28-22-11-12-31(17-19-7-9-20(27)10-8-19)18-21(22)25(29-26)34-24-6-4-3-5-23(24)33-2/h3-10H,11-18H2,1-2H3. The Morgan fingerprint density at radius 1 is 0.912 bits per heavy atom. The molecular formula is C26H30FN5O2. The molecule has 5 rings (SSSR count). The van der Waals surface area contributed by atoms with E-state index in [2.05, 4.69) is 21.7 Å². The van der Waals surface area contributed by atoms with Gasteiger partial charge in [-0.3, -0.25) is 4.90 Å². The number of halogens is 1. The number of likely N-dealkylation sites (N-methyl/N-ethyl adjacent to an activating group) is 1. The highest BCUT2D eigenvalue weighted by atomic mass is 19.1. The molecule has 1 saturated heterocycles. The van der Waals surface area contributed by atoms with Crippen molar-refractivity contribution in [2.24, 2.45) is 0 Å². The summed E-state index contributed by atoms with van der Waals surface area (Å²) in [5, 5.41) is 0. The lowest BCUT2D eigenvalue weighted by Crippen LogP contribution is -2.45. The first kappa shape index (κ1) is 22.6. The fraction of sp³-hybridized carbons (Fsp3) is 0.385. The van der Waals surface area contributed by atoms with Gasteiger partial charge in [-0.1, -0.05) is 24.3 Å². The van der Waals surface area contributed by atoms with Crippen molar-refractivity contribution in [2.45, 2.75) is 19.5 Å². The number of piperazine rings is 1. The second-order valence-electron chi connectivity index (χ2n) is 8.88. The van der Waals surface area contributed by atoms with Crippen LogP contribution in [0.3, 0.4) is 0 Å². The molecule has 3 heterocycles. The van der Waals surface area contributed by atoms with Gasteiger partial charge in [-0.05, 0) is 36.9 Å². The lowest BCUT2D eigenvalue weighted by atomic mass is 10.1. The average Bonchev–Trinajstić information content (AvgIpc) is 2.86. The number of nitrogens with zero attached hydrogens (tertiary/aromatic N) is 5. The smallest absolute Gasteiger partial charge is 0.229 e. The third-order valence-electron chi connectivity index (χ3n) is 6.47. The van der Waals surface area contributed by atoms with Crippen molar-refractivity contribution in [3.63, 3.8) is 0 Å². The summed E-state index contributed by atoms with van der Waals surface area (Å²) in [5.74, 6) is 2.38. The quantitative estimate of drug-likeness (QED) is 0.552. The zero-order chi connectivity index (χ0) is 23.5. The summed E-state index contributed by atoms with van der Waals surface area (Å²) in [6.45, 7) is 6.01. The van der Waals surface area contributed by atoms with Gasteiger partial charge in [0, 0.05) is 52.2 Å². The van der Waals surface area contributed by atoms with Crippen LogP contribution in [0.5, 0.6) is 17.4 Å². The van der Waals surface area contributed by atoms with Gasteiger partial charge < -0.3 is 19.3 Å². The molecule has 1 aromatic heterocycles. The number of para-hydroxylation sites is 2. The van der Waals surface area contributed by atoms with Crippen molar-refractivity contribution < 1.29 is 13.9 Å². The predicted molar refractivity (Wildman–Crippen MR) is 129 cm³/mol. The molecule has 1 fully saturated rings. The van der Waals surface area contributed by atoms with Gasteiger partial charge in [0.25, 0.3) is 0 Å². The fourth-order valence-electron chi connectivity index (χ4n) is 4.45. The minimum Gasteiger partial charge on any atom is -0.493 e. The van der Waals surface area contributed by atoms with Crippen LogP contribution in [0.25, 0.3) is 0 Å². The van der Waals surface area contributed by atoms with E-state index in [0.29, 0.717) is 23.9 Å². The zero-order valence-corrected chi connectivity index (χ0v) is 19.7. The Labute approximate surface area is 199 Å². The first-order valence-corrected chi connectivity index (χ1v) is 11.7. The van der Waals surface area contributed by atoms with Gasteiger partial charge in [-0.2, -0.15) is 4.98 Å². The van der Waals surface area contributed by atoms with Gasteiger partial charge in [-0.25, -0.2) is 9.37 Å². The molecule has 7 nitrogen and oxygen atoms in total. The number of ether oxygens (including phenoxy) is 2. The van der Waals surface area contributed by atoms with Crippen molar-refractivity contribution in [1.29, 1.82) is 0 Å². The fourth-order valence-corrected chi connectivity index (χ4v) is 4.45. The van der Waals surface area contributed by atoms with E-state index < -0.39 is 0 Å². The third kappa shape index (κ3) is 4.98. The largest absolute Gasteiger partial charge is 0.493 e. The molecule has 34 heavy (non-hydrogen) atoms. The Hall–Kier alpha value is -3.23. The molecule has 0 bridgehead atoms. The molecule has 0 amide bonds. The van der Waals surface area contributed by atoms with Gasteiger partial charge in [0.1, 0.15) is 5.82 Å². The molecule has 0 aliphatic carbocycles. The molecule has 0 radical (unpaired) electrons. The van der Waals surface area contributed by atoms with Gasteiger partial charge >= 0.3 is 0 Å². The number of fused-ring (bicyclic) bond motifs is 1. The molecule has 0 spiro atoms. The maximum atomic E-state index is 13.3. The average molecular weight is 464 g/mol. The van der Waals surface area contributed by atoms with Crippen LogP contribution < -0.4 is 14.4 Å². The minimum atomic E-state index is -0.218. The highest BCUT2D eigenvalue weighted by molar-refractivity contribution is 5.47. The number of rotatable bonds is 6. The Morgan fingerprint density at radius 3 is 2.38 bits per heavy atom. The predicted octanol–water partition coefficient (Wildman–Crippen LogP) is 3.73. The van der Waals surface area contributed by atoms with Crippen LogP contribution in [0.15, 0.2) is 48.5 Å². The summed E-state index contributed by atoms with van der Waals surface area (Å²) >= 11 is 0. The van der Waals surface area contributed by atoms with Crippen molar-refractivity contribution in [3.05, 3.63) is 71.2 Å². The molecule has 0 N–H and O–H groups in total. The van der Waals surface area contributed by atoms with Crippen molar-refractivity contribution >= 4 is 5.95 Å². The van der Waals surface area contributed by atoms with E-state index in [-0.39, 0.29) is 5.82 Å². The van der Waals surface area contributed by atoms with Crippen LogP contribution in [0.2, 0.25) is 0 Å². The molecule has 2 aliphatic heterocycles. The number of benzene rings is 2. The zero-order valence-electron chi connectivity index (χ0n) is 19.7. The highest BCUT2D eigenvalue weighted by Gasteiger charge is 2.27. The van der Waals surface area contributed by atoms with Gasteiger partial charge in [-0.15, -0.1) is 0 Å². The van der Waals surface area contributed by atoms with E-state index >= 15 is 0 Å². The van der Waals surface area contributed by atoms with E-state index in [0.717, 1.165) is 68.5 Å². The number of methoxy groups -OCH3 is 1. The molecule has 178 valence electrons. The van der Waals surface area contributed by atoms with Crippen LogP contribution in [0.4, 0.5) is 10.3 Å². The summed E-state index contributed by atoms with van der Waals surface area (Å²) < 4.78 is 25.2. The van der Waals surface area contributed by atoms with E-state index in [1.807, 2.05) is 36.4 Å². The van der Waals surface area contributed by atoms with Gasteiger partial charge in [0.15, 0.2) is 11.5 Å². The SMILES string of the molecule is COc1ccccc1Oc1nc(N2CCN(C)CC2)nc2c1CN(Cc1ccc(F)cc1)CC2. The van der Waals surface area contributed by atoms with Crippen LogP contribution >= 0.6 is 0 Å². The normalized spacial score (nSPS) is 16.9. The summed E-state index contributed by atoms with van der Waals surface area (Å²) in [4.78, 5) is 16.7. The third-order valence-corrected chi connectivity index (χ3v) is 6.47. The Kier molecular flexibility index (Phi) is 6.60. The molecule has 0 atom stereocenters. The molecule has 0 unspecified atom stereocenters. The number of hydrogen-bond donors (Lipinski definition) is 0. The number of anilines is 1. The summed E-state index contributed by atoms with van der Waals surface area (Å²) in [6, 6.07) is 14.3. The van der Waals surface area contributed by atoms with Crippen LogP contribution in [0, 0.1) is 5.82 Å². The molecule has 8 heteroatoms. The monoisotopic (exact) mass is 463 g/mol. The van der Waals surface area contributed by atoms with Crippen molar-refractivity contribution in [1.82, 2.24) is 19.8 Å². The minimum absolute atomic E-state index is 0.218. The van der Waals surface area contributed by atoms with Gasteiger partial charge in [0.05, 0.1) is 18.4 Å². The molecule has 2 aliphatic rings. The second kappa shape index (κ2) is 9.95. The Morgan fingerprint density at radius 2 is 1.65 bits per heavy atom. The lowest BCUT2D eigenvalue weighted by Gasteiger charge is -2.34. The molecule has 0 saturated carbocycles. The number of hydrogen-bond acceptors (Lipinski definition) is 7. The maximum Gasteiger partial charge on any atom is 0.229 e. The molecule has 2 aromatic carbocycles. The maximum absolute atomic E-state index is 13.3. The molecular weight excluding hydrogens is 433 g/mol. The number of aromatic nitrogens is 2. The topological polar surface area (TPSA) is 54.0 Å². The Bertz CT molecular complexity index is 1130. The van der Waals surface area contributed by atoms with E-state index in [1.165, 1.54) is 12.1 Å². The lowest BCUT2D eigenvalue weighted by molar-refractivity contribution is 0.237. The van der Waals surface area contributed by atoms with Crippen LogP contribution in [-0.2, 0) is 19.5 Å². The first-order valence-electron chi connectivity index (χ1n) is 11.7. The first-order chi connectivity index (χ1) is 16.6.